The molecule has 38 heavy (non-hydrogen) atoms. The number of ether oxygens (including phenoxy) is 1. The van der Waals surface area contributed by atoms with Crippen molar-refractivity contribution in [2.24, 2.45) is 0 Å². The number of hydrogen-bond acceptors (Lipinski definition) is 9. The van der Waals surface area contributed by atoms with E-state index in [1.54, 1.807) is 64.6 Å². The maximum absolute atomic E-state index is 9.14. The van der Waals surface area contributed by atoms with Crippen LogP contribution in [0.4, 0.5) is 0 Å². The van der Waals surface area contributed by atoms with Gasteiger partial charge in [-0.15, -0.1) is 45.3 Å². The number of rotatable bonds is 8. The summed E-state index contributed by atoms with van der Waals surface area (Å²) in [6.07, 6.45) is 4.96. The molecule has 186 valence electrons. The lowest BCUT2D eigenvalue weighted by molar-refractivity contribution is 0.418. The fraction of sp³-hybridized carbons (Fsp3) is 0.172. The molecule has 0 aromatic carbocycles. The number of aryl methyl sites for hydroxylation is 2. The van der Waals surface area contributed by atoms with Gasteiger partial charge in [0.2, 0.25) is 0 Å². The molecule has 4 heterocycles. The van der Waals surface area contributed by atoms with E-state index >= 15 is 0 Å². The smallest absolute Gasteiger partial charge is 0.138 e. The monoisotopic (exact) mass is 568 g/mol. The lowest BCUT2D eigenvalue weighted by Gasteiger charge is -1.99. The number of nitrogens with zero attached hydrogens (tertiary/aromatic N) is 4. The van der Waals surface area contributed by atoms with E-state index in [2.05, 4.69) is 38.1 Å². The largest absolute Gasteiger partial charge is 0.495 e. The third-order valence-electron chi connectivity index (χ3n) is 5.67. The highest BCUT2D eigenvalue weighted by Crippen LogP contribution is 2.49. The summed E-state index contributed by atoms with van der Waals surface area (Å²) in [4.78, 5) is 8.41. The van der Waals surface area contributed by atoms with E-state index in [-0.39, 0.29) is 11.1 Å². The Balaban J connectivity index is 1.73. The SMILES string of the molecule is CCc1cc(C=C(C#N)C#N)sc1-c1ccc(-c2sc(-c3sc(C=C(C#N)C#N)cc3CC)cc2OC)s1. The Bertz CT molecular complexity index is 1700. The topological polar surface area (TPSA) is 104 Å². The highest BCUT2D eigenvalue weighted by molar-refractivity contribution is 7.29. The van der Waals surface area contributed by atoms with E-state index in [4.69, 9.17) is 25.8 Å². The molecule has 0 unspecified atom stereocenters. The van der Waals surface area contributed by atoms with Crippen LogP contribution < -0.4 is 4.74 Å². The van der Waals surface area contributed by atoms with E-state index in [1.165, 1.54) is 11.1 Å². The summed E-state index contributed by atoms with van der Waals surface area (Å²) < 4.78 is 5.77. The lowest BCUT2D eigenvalue weighted by atomic mass is 10.1. The van der Waals surface area contributed by atoms with Crippen LogP contribution in [0.5, 0.6) is 5.75 Å². The van der Waals surface area contributed by atoms with Crippen molar-refractivity contribution in [3.05, 3.63) is 62.4 Å². The van der Waals surface area contributed by atoms with Crippen molar-refractivity contribution >= 4 is 57.5 Å². The van der Waals surface area contributed by atoms with Crippen molar-refractivity contribution in [3.63, 3.8) is 0 Å². The molecule has 4 aromatic rings. The molecule has 0 radical (unpaired) electrons. The standard InChI is InChI=1S/C29H20N4OS4/c1-4-19-10-21(8-17(13-30)14-31)35-27(19)24-6-7-25(37-24)29-23(34-3)12-26(38-29)28-20(5-2)11-22(36-28)9-18(15-32)16-33/h6-12H,4-5H2,1-3H3. The van der Waals surface area contributed by atoms with Crippen molar-refractivity contribution in [1.82, 2.24) is 0 Å². The zero-order valence-electron chi connectivity index (χ0n) is 20.8. The molecule has 0 amide bonds. The molecule has 0 saturated carbocycles. The maximum Gasteiger partial charge on any atom is 0.138 e. The van der Waals surface area contributed by atoms with Gasteiger partial charge in [0.15, 0.2) is 0 Å². The quantitative estimate of drug-likeness (QED) is 0.197. The Morgan fingerprint density at radius 2 is 1.16 bits per heavy atom. The van der Waals surface area contributed by atoms with Crippen molar-refractivity contribution < 1.29 is 4.74 Å². The molecule has 0 fully saturated rings. The van der Waals surface area contributed by atoms with E-state index in [0.29, 0.717) is 0 Å². The Hall–Kier alpha value is -3.96. The number of allylic oxidation sites excluding steroid dienone is 2. The van der Waals surface area contributed by atoms with Gasteiger partial charge in [0, 0.05) is 40.2 Å². The second kappa shape index (κ2) is 12.1. The van der Waals surface area contributed by atoms with Crippen LogP contribution in [-0.4, -0.2) is 7.11 Å². The first-order valence-corrected chi connectivity index (χ1v) is 14.8. The van der Waals surface area contributed by atoms with Gasteiger partial charge in [0.1, 0.15) is 41.2 Å². The van der Waals surface area contributed by atoms with Gasteiger partial charge in [-0.3, -0.25) is 0 Å². The molecule has 4 aromatic heterocycles. The van der Waals surface area contributed by atoms with Crippen LogP contribution in [0.25, 0.3) is 41.4 Å². The van der Waals surface area contributed by atoms with Crippen LogP contribution in [0, 0.1) is 45.3 Å². The first kappa shape index (κ1) is 27.1. The second-order valence-corrected chi connectivity index (χ2v) is 12.3. The van der Waals surface area contributed by atoms with Gasteiger partial charge in [-0.25, -0.2) is 0 Å². The van der Waals surface area contributed by atoms with E-state index < -0.39 is 0 Å². The molecular weight excluding hydrogens is 549 g/mol. The fourth-order valence-corrected chi connectivity index (χ4v) is 8.76. The van der Waals surface area contributed by atoms with Gasteiger partial charge in [-0.1, -0.05) is 13.8 Å². The summed E-state index contributed by atoms with van der Waals surface area (Å²) in [6.45, 7) is 4.20. The summed E-state index contributed by atoms with van der Waals surface area (Å²) in [6, 6.07) is 18.1. The summed E-state index contributed by atoms with van der Waals surface area (Å²) in [7, 11) is 1.67. The van der Waals surface area contributed by atoms with Crippen LogP contribution >= 0.6 is 45.3 Å². The summed E-state index contributed by atoms with van der Waals surface area (Å²) in [5, 5.41) is 36.5. The van der Waals surface area contributed by atoms with Gasteiger partial charge in [0.25, 0.3) is 0 Å². The minimum atomic E-state index is 0.0890. The van der Waals surface area contributed by atoms with E-state index in [9.17, 15) is 0 Å². The van der Waals surface area contributed by atoms with Crippen molar-refractivity contribution in [2.45, 2.75) is 26.7 Å². The third kappa shape index (κ3) is 5.48. The molecular formula is C29H20N4OS4. The molecule has 0 aliphatic carbocycles. The van der Waals surface area contributed by atoms with Crippen LogP contribution in [0.2, 0.25) is 0 Å². The predicted molar refractivity (Wildman–Crippen MR) is 158 cm³/mol. The van der Waals surface area contributed by atoms with Crippen molar-refractivity contribution in [3.8, 4) is 59.3 Å². The minimum absolute atomic E-state index is 0.0890. The molecule has 4 rings (SSSR count). The van der Waals surface area contributed by atoms with E-state index in [0.717, 1.165) is 57.6 Å². The molecule has 0 bridgehead atoms. The Morgan fingerprint density at radius 3 is 1.61 bits per heavy atom. The van der Waals surface area contributed by atoms with Crippen LogP contribution in [0.3, 0.4) is 0 Å². The van der Waals surface area contributed by atoms with Crippen LogP contribution in [0.15, 0.2) is 41.5 Å². The number of nitriles is 4. The first-order valence-electron chi connectivity index (χ1n) is 11.6. The predicted octanol–water partition coefficient (Wildman–Crippen LogP) is 8.93. The minimum Gasteiger partial charge on any atom is -0.495 e. The number of methoxy groups -OCH3 is 1. The summed E-state index contributed by atoms with van der Waals surface area (Å²) in [5.41, 5.74) is 2.54. The number of thiophene rings is 4. The first-order chi connectivity index (χ1) is 18.5. The molecule has 5 nitrogen and oxygen atoms in total. The van der Waals surface area contributed by atoms with E-state index in [1.807, 2.05) is 30.3 Å². The Kier molecular flexibility index (Phi) is 8.59. The molecule has 9 heteroatoms. The summed E-state index contributed by atoms with van der Waals surface area (Å²) >= 11 is 6.52. The third-order valence-corrected chi connectivity index (χ3v) is 10.7. The highest BCUT2D eigenvalue weighted by Gasteiger charge is 2.20. The van der Waals surface area contributed by atoms with Gasteiger partial charge >= 0.3 is 0 Å². The molecule has 0 aliphatic heterocycles. The molecule has 0 spiro atoms. The normalized spacial score (nSPS) is 10.1. The fourth-order valence-electron chi connectivity index (χ4n) is 3.84. The molecule has 0 saturated heterocycles. The molecule has 0 aliphatic rings. The second-order valence-electron chi connectivity index (χ2n) is 7.95. The van der Waals surface area contributed by atoms with Crippen LogP contribution in [0.1, 0.15) is 34.7 Å². The number of hydrogen-bond donors (Lipinski definition) is 0. The average Bonchev–Trinajstić information content (AvgIpc) is 3.74. The maximum atomic E-state index is 9.14. The van der Waals surface area contributed by atoms with Gasteiger partial charge in [0.05, 0.1) is 12.0 Å². The molecule has 0 N–H and O–H groups in total. The van der Waals surface area contributed by atoms with Gasteiger partial charge in [-0.05, 0) is 60.4 Å². The Labute approximate surface area is 237 Å². The van der Waals surface area contributed by atoms with Gasteiger partial charge < -0.3 is 4.74 Å². The average molecular weight is 569 g/mol. The lowest BCUT2D eigenvalue weighted by Crippen LogP contribution is -1.80. The zero-order valence-corrected chi connectivity index (χ0v) is 24.1. The highest BCUT2D eigenvalue weighted by atomic mass is 32.1. The van der Waals surface area contributed by atoms with Crippen molar-refractivity contribution in [1.29, 1.82) is 21.0 Å². The summed E-state index contributed by atoms with van der Waals surface area (Å²) in [5.74, 6) is 0.805. The van der Waals surface area contributed by atoms with Crippen molar-refractivity contribution in [2.75, 3.05) is 7.11 Å². The molecule has 0 atom stereocenters. The Morgan fingerprint density at radius 1 is 0.684 bits per heavy atom. The zero-order chi connectivity index (χ0) is 27.2. The van der Waals surface area contributed by atoms with Crippen LogP contribution in [-0.2, 0) is 12.8 Å². The van der Waals surface area contributed by atoms with Gasteiger partial charge in [-0.2, -0.15) is 21.0 Å².